The Labute approximate surface area is 206 Å². The first-order chi connectivity index (χ1) is 13.4. The Morgan fingerprint density at radius 3 is 1.94 bits per heavy atom. The summed E-state index contributed by atoms with van der Waals surface area (Å²) in [6.07, 6.45) is 1.75. The van der Waals surface area contributed by atoms with E-state index in [0.29, 0.717) is 5.69 Å². The van der Waals surface area contributed by atoms with Gasteiger partial charge >= 0.3 is 17.1 Å². The number of rotatable bonds is 2. The number of halogens is 2. The molecule has 0 aliphatic carbocycles. The summed E-state index contributed by atoms with van der Waals surface area (Å²) in [7, 11) is 0. The zero-order valence-electron chi connectivity index (χ0n) is 17.8. The van der Waals surface area contributed by atoms with Gasteiger partial charge in [-0.05, 0) is 37.1 Å². The molecule has 31 heavy (non-hydrogen) atoms. The summed E-state index contributed by atoms with van der Waals surface area (Å²) in [4.78, 5) is 20.9. The number of hydrogen-bond donors (Lipinski definition) is 1. The van der Waals surface area contributed by atoms with Gasteiger partial charge in [0.1, 0.15) is 5.69 Å². The molecule has 4 nitrogen and oxygen atoms in total. The van der Waals surface area contributed by atoms with Crippen LogP contribution in [0.3, 0.4) is 0 Å². The molecule has 2 aromatic carbocycles. The molecule has 0 unspecified atom stereocenters. The molecular weight excluding hydrogens is 473 g/mol. The second-order valence-electron chi connectivity index (χ2n) is 7.23. The van der Waals surface area contributed by atoms with E-state index in [-0.39, 0.29) is 53.6 Å². The number of benzene rings is 2. The largest absolute Gasteiger partial charge is 2.00 e. The first-order valence-corrected chi connectivity index (χ1v) is 9.39. The number of carbonyl (C=O) groups excluding carboxylic acids is 1. The molecular formula is C24H25Cl2FeN3O. The maximum Gasteiger partial charge on any atom is 2.00 e. The predicted molar refractivity (Wildman–Crippen MR) is 117 cm³/mol. The minimum absolute atomic E-state index is 0. The zero-order chi connectivity index (χ0) is 20.3. The average Bonchev–Trinajstić information content (AvgIpc) is 2.71. The number of nitrogens with zero attached hydrogens (tertiary/aromatic N) is 2. The van der Waals surface area contributed by atoms with Crippen molar-refractivity contribution in [1.29, 1.82) is 0 Å². The Kier molecular flexibility index (Phi) is 11.7. The second kappa shape index (κ2) is 12.6. The van der Waals surface area contributed by atoms with E-state index in [9.17, 15) is 4.79 Å². The zero-order valence-corrected chi connectivity index (χ0v) is 20.5. The summed E-state index contributed by atoms with van der Waals surface area (Å²) in [5.74, 6) is 0.0164. The quantitative estimate of drug-likeness (QED) is 0.176. The summed E-state index contributed by atoms with van der Waals surface area (Å²) in [6.45, 7) is 7.80. The van der Waals surface area contributed by atoms with E-state index in [4.69, 9.17) is 5.73 Å². The molecule has 0 aliphatic heterocycles. The van der Waals surface area contributed by atoms with Crippen LogP contribution in [-0.2, 0) is 17.1 Å². The van der Waals surface area contributed by atoms with Gasteiger partial charge in [0.25, 0.3) is 0 Å². The maximum absolute atomic E-state index is 12.0. The molecule has 0 aliphatic rings. The average molecular weight is 498 g/mol. The normalized spacial score (nSPS) is 9.71. The van der Waals surface area contributed by atoms with Gasteiger partial charge in [0.2, 0.25) is 0 Å². The third-order valence-corrected chi connectivity index (χ3v) is 4.75. The van der Waals surface area contributed by atoms with Crippen molar-refractivity contribution >= 4 is 33.3 Å². The minimum atomic E-state index is -0.0483. The van der Waals surface area contributed by atoms with Crippen LogP contribution < -0.4 is 30.5 Å². The third kappa shape index (κ3) is 6.65. The van der Waals surface area contributed by atoms with E-state index in [1.807, 2.05) is 76.2 Å². The molecule has 4 rings (SSSR count). The van der Waals surface area contributed by atoms with Crippen LogP contribution in [0.5, 0.6) is 0 Å². The van der Waals surface area contributed by atoms with Gasteiger partial charge in [-0.25, -0.2) is 4.98 Å². The molecule has 0 fully saturated rings. The van der Waals surface area contributed by atoms with Crippen molar-refractivity contribution in [1.82, 2.24) is 9.97 Å². The Bertz CT molecular complexity index is 1150. The molecule has 4 aromatic rings. The fourth-order valence-electron chi connectivity index (χ4n) is 2.98. The molecule has 2 N–H and O–H groups in total. The van der Waals surface area contributed by atoms with Crippen LogP contribution in [-0.4, -0.2) is 15.8 Å². The van der Waals surface area contributed by atoms with Gasteiger partial charge < -0.3 is 30.5 Å². The second-order valence-corrected chi connectivity index (χ2v) is 7.23. The first kappa shape index (κ1) is 28.8. The fourth-order valence-corrected chi connectivity index (χ4v) is 2.98. The van der Waals surface area contributed by atoms with Gasteiger partial charge in [-0.3, -0.25) is 9.78 Å². The third-order valence-electron chi connectivity index (χ3n) is 4.75. The van der Waals surface area contributed by atoms with Crippen molar-refractivity contribution in [2.24, 2.45) is 5.92 Å². The van der Waals surface area contributed by atoms with Crippen LogP contribution in [0.15, 0.2) is 60.8 Å². The summed E-state index contributed by atoms with van der Waals surface area (Å²) < 4.78 is 0. The summed E-state index contributed by atoms with van der Waals surface area (Å²) in [5.41, 5.74) is 11.1. The van der Waals surface area contributed by atoms with Crippen LogP contribution in [0.4, 0.5) is 5.69 Å². The SMILES string of the molecule is CC(C)C(=O)c1ccc2ccc3cccnc3c2n1.Cc1cccc(C)c1N.[Cl-].[Cl-].[Fe+2]. The van der Waals surface area contributed by atoms with E-state index in [1.165, 1.54) is 0 Å². The van der Waals surface area contributed by atoms with E-state index >= 15 is 0 Å². The molecule has 0 amide bonds. The Balaban J connectivity index is 0.000000648. The smallest absolute Gasteiger partial charge is 1.00 e. The van der Waals surface area contributed by atoms with Crippen molar-refractivity contribution in [2.45, 2.75) is 27.7 Å². The Hall–Kier alpha value is -2.17. The number of para-hydroxylation sites is 1. The fraction of sp³-hybridized carbons (Fsp3) is 0.208. The number of carbonyl (C=O) groups is 1. The van der Waals surface area contributed by atoms with E-state index in [0.717, 1.165) is 38.6 Å². The molecule has 0 saturated heterocycles. The number of aromatic nitrogens is 2. The van der Waals surface area contributed by atoms with Gasteiger partial charge in [0, 0.05) is 28.6 Å². The van der Waals surface area contributed by atoms with E-state index in [2.05, 4.69) is 9.97 Å². The number of fused-ring (bicyclic) bond motifs is 3. The van der Waals surface area contributed by atoms with Gasteiger partial charge in [-0.2, -0.15) is 0 Å². The number of ketones is 1. The molecule has 0 radical (unpaired) electrons. The summed E-state index contributed by atoms with van der Waals surface area (Å²) >= 11 is 0. The number of pyridine rings is 2. The van der Waals surface area contributed by atoms with Crippen molar-refractivity contribution in [3.63, 3.8) is 0 Å². The number of nitrogen functional groups attached to an aromatic ring is 1. The van der Waals surface area contributed by atoms with E-state index < -0.39 is 0 Å². The molecule has 0 bridgehead atoms. The van der Waals surface area contributed by atoms with Gasteiger partial charge in [0.05, 0.1) is 11.0 Å². The molecule has 0 spiro atoms. The standard InChI is InChI=1S/C16H14N2O.C8H11N.2ClH.Fe/c1-10(2)16(19)13-8-7-12-6-5-11-4-3-9-17-14(11)15(12)18-13;1-6-4-3-5-7(2)8(6)9;;;/h3-10H,1-2H3;3-5H,9H2,1-2H3;2*1H;/q;;;;+2/p-2. The first-order valence-electron chi connectivity index (χ1n) is 9.39. The van der Waals surface area contributed by atoms with Gasteiger partial charge in [0.15, 0.2) is 5.78 Å². The van der Waals surface area contributed by atoms with Gasteiger partial charge in [-0.15, -0.1) is 0 Å². The van der Waals surface area contributed by atoms with Crippen molar-refractivity contribution < 1.29 is 46.7 Å². The summed E-state index contributed by atoms with van der Waals surface area (Å²) in [5, 5.41) is 2.04. The number of anilines is 1. The Morgan fingerprint density at radius 2 is 1.39 bits per heavy atom. The number of hydrogen-bond acceptors (Lipinski definition) is 4. The molecule has 0 saturated carbocycles. The van der Waals surface area contributed by atoms with Gasteiger partial charge in [-0.1, -0.05) is 56.3 Å². The Morgan fingerprint density at radius 1 is 0.839 bits per heavy atom. The molecule has 2 heterocycles. The van der Waals surface area contributed by atoms with Crippen LogP contribution in [0.2, 0.25) is 0 Å². The number of Topliss-reactive ketones (excluding diaryl/α,β-unsaturated/α-hetero) is 1. The van der Waals surface area contributed by atoms with Crippen LogP contribution in [0.1, 0.15) is 35.5 Å². The predicted octanol–water partition coefficient (Wildman–Crippen LogP) is -0.487. The number of nitrogens with two attached hydrogens (primary N) is 1. The molecule has 2 aromatic heterocycles. The van der Waals surface area contributed by atoms with Crippen molar-refractivity contribution in [3.05, 3.63) is 77.6 Å². The molecule has 7 heteroatoms. The van der Waals surface area contributed by atoms with E-state index in [1.54, 1.807) is 12.3 Å². The van der Waals surface area contributed by atoms with Crippen LogP contribution in [0.25, 0.3) is 21.8 Å². The maximum atomic E-state index is 12.0. The topological polar surface area (TPSA) is 68.9 Å². The van der Waals surface area contributed by atoms with Crippen LogP contribution in [0, 0.1) is 19.8 Å². The minimum Gasteiger partial charge on any atom is -1.00 e. The monoisotopic (exact) mass is 497 g/mol. The van der Waals surface area contributed by atoms with Crippen molar-refractivity contribution in [3.8, 4) is 0 Å². The molecule has 0 atom stereocenters. The molecule has 164 valence electrons. The number of aryl methyl sites for hydroxylation is 2. The van der Waals surface area contributed by atoms with Crippen LogP contribution >= 0.6 is 0 Å². The van der Waals surface area contributed by atoms with Crippen molar-refractivity contribution in [2.75, 3.05) is 5.73 Å². The summed E-state index contributed by atoms with van der Waals surface area (Å²) in [6, 6.07) is 17.7.